The molecule has 82 valence electrons. The highest BCUT2D eigenvalue weighted by atomic mass is 15.2. The zero-order chi connectivity index (χ0) is 10.1. The van der Waals surface area contributed by atoms with Gasteiger partial charge in [0, 0.05) is 18.6 Å². The number of nitrogens with zero attached hydrogens (tertiary/aromatic N) is 2. The van der Waals surface area contributed by atoms with Crippen LogP contribution in [0.25, 0.3) is 0 Å². The van der Waals surface area contributed by atoms with Crippen molar-refractivity contribution in [2.45, 2.75) is 45.7 Å². The van der Waals surface area contributed by atoms with E-state index in [1.54, 1.807) is 0 Å². The molecule has 0 aliphatic carbocycles. The minimum Gasteiger partial charge on any atom is -0.303 e. The lowest BCUT2D eigenvalue weighted by atomic mass is 9.95. The molecule has 1 aliphatic rings. The predicted molar refractivity (Wildman–Crippen MR) is 60.1 cm³/mol. The molecule has 0 aromatic carbocycles. The first-order chi connectivity index (χ1) is 5.87. The van der Waals surface area contributed by atoms with E-state index in [0.717, 1.165) is 19.5 Å². The molecule has 0 amide bonds. The molecule has 3 nitrogen and oxygen atoms in total. The molecular weight excluding hydrogens is 174 g/mol. The number of rotatable bonds is 1. The lowest BCUT2D eigenvalue weighted by Gasteiger charge is -2.32. The summed E-state index contributed by atoms with van der Waals surface area (Å²) >= 11 is 0. The zero-order valence-corrected chi connectivity index (χ0v) is 9.02. The molecule has 1 heterocycles. The topological polar surface area (TPSA) is 39.1 Å². The fourth-order valence-corrected chi connectivity index (χ4v) is 1.94. The number of likely N-dealkylation sites (N-methyl/N-ethyl adjacent to an activating group) is 1. The maximum absolute atomic E-state index is 9.16. The Morgan fingerprint density at radius 1 is 1.43 bits per heavy atom. The second-order valence-electron chi connectivity index (χ2n) is 5.06. The third-order valence-electron chi connectivity index (χ3n) is 2.29. The van der Waals surface area contributed by atoms with Crippen LogP contribution < -0.4 is 5.32 Å². The first kappa shape index (κ1) is 13.4. The SMILES string of the molecule is C.CN1CCC(C#N)(NC(C)(C)C)C1. The highest BCUT2D eigenvalue weighted by molar-refractivity contribution is 5.14. The number of likely N-dealkylation sites (tertiary alicyclic amines) is 1. The van der Waals surface area contributed by atoms with E-state index in [0.29, 0.717) is 0 Å². The zero-order valence-electron chi connectivity index (χ0n) is 9.02. The molecule has 0 radical (unpaired) electrons. The van der Waals surface area contributed by atoms with Gasteiger partial charge in [-0.1, -0.05) is 7.43 Å². The fourth-order valence-electron chi connectivity index (χ4n) is 1.94. The number of hydrogen-bond acceptors (Lipinski definition) is 3. The minimum absolute atomic E-state index is 0. The number of nitrogens with one attached hydrogen (secondary N) is 1. The monoisotopic (exact) mass is 197 g/mol. The predicted octanol–water partition coefficient (Wildman–Crippen LogP) is 1.61. The van der Waals surface area contributed by atoms with E-state index >= 15 is 0 Å². The van der Waals surface area contributed by atoms with Crippen molar-refractivity contribution in [2.24, 2.45) is 0 Å². The van der Waals surface area contributed by atoms with Gasteiger partial charge in [0.25, 0.3) is 0 Å². The molecule has 0 bridgehead atoms. The quantitative estimate of drug-likeness (QED) is 0.694. The standard InChI is InChI=1S/C10H19N3.CH4/c1-9(2,3)12-10(7-11)5-6-13(4)8-10;/h12H,5-6,8H2,1-4H3;1H4. The molecule has 0 saturated carbocycles. The van der Waals surface area contributed by atoms with Gasteiger partial charge in [0.1, 0.15) is 5.54 Å². The van der Waals surface area contributed by atoms with Gasteiger partial charge in [-0.15, -0.1) is 0 Å². The van der Waals surface area contributed by atoms with Crippen molar-refractivity contribution in [1.29, 1.82) is 5.26 Å². The van der Waals surface area contributed by atoms with Crippen LogP contribution in [-0.4, -0.2) is 36.1 Å². The van der Waals surface area contributed by atoms with E-state index in [9.17, 15) is 0 Å². The Bertz CT molecular complexity index is 224. The Labute approximate surface area is 88.1 Å². The van der Waals surface area contributed by atoms with Gasteiger partial charge < -0.3 is 4.90 Å². The van der Waals surface area contributed by atoms with Gasteiger partial charge in [-0.2, -0.15) is 5.26 Å². The Kier molecular flexibility index (Phi) is 4.11. The summed E-state index contributed by atoms with van der Waals surface area (Å²) < 4.78 is 0. The first-order valence-electron chi connectivity index (χ1n) is 4.76. The van der Waals surface area contributed by atoms with Gasteiger partial charge >= 0.3 is 0 Å². The highest BCUT2D eigenvalue weighted by Crippen LogP contribution is 2.22. The summed E-state index contributed by atoms with van der Waals surface area (Å²) in [5.74, 6) is 0. The molecule has 1 fully saturated rings. The van der Waals surface area contributed by atoms with Crippen molar-refractivity contribution >= 4 is 0 Å². The lowest BCUT2D eigenvalue weighted by Crippen LogP contribution is -2.54. The molecular formula is C11H23N3. The minimum atomic E-state index is -0.326. The van der Waals surface area contributed by atoms with Crippen molar-refractivity contribution in [3.05, 3.63) is 0 Å². The fraction of sp³-hybridized carbons (Fsp3) is 0.909. The summed E-state index contributed by atoms with van der Waals surface area (Å²) in [6, 6.07) is 2.41. The number of nitriles is 1. The van der Waals surface area contributed by atoms with Gasteiger partial charge in [-0.05, 0) is 34.2 Å². The lowest BCUT2D eigenvalue weighted by molar-refractivity contribution is 0.293. The van der Waals surface area contributed by atoms with Crippen LogP contribution in [0.4, 0.5) is 0 Å². The smallest absolute Gasteiger partial charge is 0.121 e. The van der Waals surface area contributed by atoms with Crippen LogP contribution in [0.15, 0.2) is 0 Å². The van der Waals surface area contributed by atoms with Crippen molar-refractivity contribution in [3.63, 3.8) is 0 Å². The van der Waals surface area contributed by atoms with Gasteiger partial charge in [0.2, 0.25) is 0 Å². The molecule has 0 spiro atoms. The molecule has 1 N–H and O–H groups in total. The van der Waals surface area contributed by atoms with E-state index in [4.69, 9.17) is 5.26 Å². The van der Waals surface area contributed by atoms with E-state index in [-0.39, 0.29) is 18.5 Å². The van der Waals surface area contributed by atoms with Crippen molar-refractivity contribution < 1.29 is 0 Å². The highest BCUT2D eigenvalue weighted by Gasteiger charge is 2.39. The maximum Gasteiger partial charge on any atom is 0.121 e. The van der Waals surface area contributed by atoms with Crippen molar-refractivity contribution in [2.75, 3.05) is 20.1 Å². The van der Waals surface area contributed by atoms with E-state index < -0.39 is 0 Å². The first-order valence-corrected chi connectivity index (χ1v) is 4.76. The summed E-state index contributed by atoms with van der Waals surface area (Å²) in [5, 5.41) is 12.6. The Balaban J connectivity index is 0.00000169. The second-order valence-corrected chi connectivity index (χ2v) is 5.06. The average molecular weight is 197 g/mol. The Morgan fingerprint density at radius 2 is 2.00 bits per heavy atom. The Hall–Kier alpha value is -0.590. The molecule has 1 rings (SSSR count). The van der Waals surface area contributed by atoms with Crippen molar-refractivity contribution in [3.8, 4) is 6.07 Å². The second kappa shape index (κ2) is 4.29. The molecule has 14 heavy (non-hydrogen) atoms. The molecule has 1 aliphatic heterocycles. The van der Waals surface area contributed by atoms with Gasteiger partial charge in [0.05, 0.1) is 6.07 Å². The van der Waals surface area contributed by atoms with Crippen LogP contribution in [0.2, 0.25) is 0 Å². The van der Waals surface area contributed by atoms with E-state index in [1.165, 1.54) is 0 Å². The summed E-state index contributed by atoms with van der Waals surface area (Å²) in [5.41, 5.74) is -0.312. The summed E-state index contributed by atoms with van der Waals surface area (Å²) in [7, 11) is 2.06. The van der Waals surface area contributed by atoms with Gasteiger partial charge in [0.15, 0.2) is 0 Å². The third kappa shape index (κ3) is 3.28. The van der Waals surface area contributed by atoms with Crippen LogP contribution in [-0.2, 0) is 0 Å². The summed E-state index contributed by atoms with van der Waals surface area (Å²) in [6.45, 7) is 8.15. The van der Waals surface area contributed by atoms with Crippen molar-refractivity contribution in [1.82, 2.24) is 10.2 Å². The maximum atomic E-state index is 9.16. The average Bonchev–Trinajstić information content (AvgIpc) is 2.29. The summed E-state index contributed by atoms with van der Waals surface area (Å²) in [6.07, 6.45) is 0.928. The number of hydrogen-bond donors (Lipinski definition) is 1. The molecule has 1 atom stereocenters. The van der Waals surface area contributed by atoms with Crippen LogP contribution in [0.1, 0.15) is 34.6 Å². The molecule has 3 heteroatoms. The molecule has 0 aromatic rings. The van der Waals surface area contributed by atoms with E-state index in [2.05, 4.69) is 44.1 Å². The van der Waals surface area contributed by atoms with Crippen LogP contribution in [0.5, 0.6) is 0 Å². The van der Waals surface area contributed by atoms with Gasteiger partial charge in [-0.3, -0.25) is 5.32 Å². The van der Waals surface area contributed by atoms with Crippen LogP contribution >= 0.6 is 0 Å². The third-order valence-corrected chi connectivity index (χ3v) is 2.29. The van der Waals surface area contributed by atoms with Gasteiger partial charge in [-0.25, -0.2) is 0 Å². The Morgan fingerprint density at radius 3 is 2.29 bits per heavy atom. The van der Waals surface area contributed by atoms with E-state index in [1.807, 2.05) is 0 Å². The largest absolute Gasteiger partial charge is 0.303 e. The summed E-state index contributed by atoms with van der Waals surface area (Å²) in [4.78, 5) is 2.20. The molecule has 0 aromatic heterocycles. The molecule has 1 unspecified atom stereocenters. The van der Waals surface area contributed by atoms with Crippen LogP contribution in [0, 0.1) is 11.3 Å². The molecule has 1 saturated heterocycles. The van der Waals surface area contributed by atoms with Crippen LogP contribution in [0.3, 0.4) is 0 Å². The normalized spacial score (nSPS) is 28.2.